The quantitative estimate of drug-likeness (QED) is 0.620. The number of benzene rings is 1. The summed E-state index contributed by atoms with van der Waals surface area (Å²) in [7, 11) is -3.57. The molecule has 1 aliphatic carbocycles. The number of amides is 1. The number of sulfonamides is 1. The molecule has 0 radical (unpaired) electrons. The van der Waals surface area contributed by atoms with Crippen LogP contribution in [0.5, 0.6) is 0 Å². The number of imidazole rings is 1. The van der Waals surface area contributed by atoms with Gasteiger partial charge in [-0.25, -0.2) is 13.4 Å². The molecule has 2 aromatic heterocycles. The van der Waals surface area contributed by atoms with E-state index in [4.69, 9.17) is 5.73 Å². The lowest BCUT2D eigenvalue weighted by Crippen LogP contribution is -2.53. The Bertz CT molecular complexity index is 1210. The molecule has 3 N–H and O–H groups in total. The van der Waals surface area contributed by atoms with E-state index in [1.54, 1.807) is 63.7 Å². The van der Waals surface area contributed by atoms with Gasteiger partial charge < -0.3 is 15.5 Å². The first-order chi connectivity index (χ1) is 14.4. The molecule has 8 nitrogen and oxygen atoms in total. The zero-order chi connectivity index (χ0) is 20.9. The van der Waals surface area contributed by atoms with E-state index in [-0.39, 0.29) is 10.8 Å². The molecular formula is C21H23N5O3S. The van der Waals surface area contributed by atoms with Gasteiger partial charge in [-0.3, -0.25) is 4.79 Å². The van der Waals surface area contributed by atoms with Crippen LogP contribution in [0.3, 0.4) is 0 Å². The maximum absolute atomic E-state index is 13.1. The Labute approximate surface area is 174 Å². The molecule has 2 bridgehead atoms. The number of pyridine rings is 1. The Balaban J connectivity index is 1.26. The van der Waals surface area contributed by atoms with E-state index in [1.807, 2.05) is 0 Å². The lowest BCUT2D eigenvalue weighted by Gasteiger charge is -2.40. The summed E-state index contributed by atoms with van der Waals surface area (Å²) in [6.07, 6.45) is 6.90. The van der Waals surface area contributed by atoms with Gasteiger partial charge in [0, 0.05) is 43.8 Å². The van der Waals surface area contributed by atoms with Gasteiger partial charge in [-0.2, -0.15) is 4.31 Å². The molecule has 156 valence electrons. The molecule has 2 saturated heterocycles. The van der Waals surface area contributed by atoms with E-state index < -0.39 is 15.6 Å². The first-order valence-electron chi connectivity index (χ1n) is 9.94. The van der Waals surface area contributed by atoms with Crippen molar-refractivity contribution in [2.75, 3.05) is 13.1 Å². The van der Waals surface area contributed by atoms with Crippen molar-refractivity contribution in [3.05, 3.63) is 66.1 Å². The van der Waals surface area contributed by atoms with Gasteiger partial charge in [0.05, 0.1) is 10.5 Å². The van der Waals surface area contributed by atoms with E-state index in [0.717, 1.165) is 24.1 Å². The SMILES string of the molecule is NCC12CC(CN1S(=O)(=O)c1ccc(CNC(=O)c3ccc4nccn4c3)cc1)C2. The number of fused-ring (bicyclic) bond motifs is 2. The minimum Gasteiger partial charge on any atom is -0.348 e. The number of hydrogen-bond acceptors (Lipinski definition) is 5. The van der Waals surface area contributed by atoms with Crippen molar-refractivity contribution >= 4 is 21.6 Å². The molecule has 0 unspecified atom stereocenters. The van der Waals surface area contributed by atoms with Crippen molar-refractivity contribution in [2.24, 2.45) is 11.7 Å². The van der Waals surface area contributed by atoms with Crippen LogP contribution in [0.2, 0.25) is 0 Å². The molecule has 2 aliphatic heterocycles. The lowest BCUT2D eigenvalue weighted by molar-refractivity contribution is 0.0950. The summed E-state index contributed by atoms with van der Waals surface area (Å²) < 4.78 is 29.5. The van der Waals surface area contributed by atoms with Crippen molar-refractivity contribution in [2.45, 2.75) is 29.8 Å². The zero-order valence-electron chi connectivity index (χ0n) is 16.4. The summed E-state index contributed by atoms with van der Waals surface area (Å²) in [5.41, 5.74) is 7.61. The van der Waals surface area contributed by atoms with Crippen LogP contribution in [-0.2, 0) is 16.6 Å². The maximum Gasteiger partial charge on any atom is 0.253 e. The number of hydrogen-bond donors (Lipinski definition) is 2. The van der Waals surface area contributed by atoms with Crippen LogP contribution in [0.25, 0.3) is 5.65 Å². The van der Waals surface area contributed by atoms with Gasteiger partial charge in [0.25, 0.3) is 5.91 Å². The third-order valence-electron chi connectivity index (χ3n) is 6.29. The molecule has 1 amide bonds. The van der Waals surface area contributed by atoms with Crippen LogP contribution in [0.4, 0.5) is 0 Å². The molecule has 3 aliphatic rings. The Morgan fingerprint density at radius 1 is 1.20 bits per heavy atom. The fourth-order valence-electron chi connectivity index (χ4n) is 4.64. The van der Waals surface area contributed by atoms with Gasteiger partial charge in [-0.15, -0.1) is 0 Å². The molecule has 0 atom stereocenters. The molecule has 9 heteroatoms. The average molecular weight is 426 g/mol. The molecule has 3 fully saturated rings. The largest absolute Gasteiger partial charge is 0.348 e. The lowest BCUT2D eigenvalue weighted by atomic mass is 9.74. The summed E-state index contributed by atoms with van der Waals surface area (Å²) in [4.78, 5) is 16.9. The Morgan fingerprint density at radius 2 is 1.97 bits per heavy atom. The van der Waals surface area contributed by atoms with Gasteiger partial charge in [-0.1, -0.05) is 12.1 Å². The molecule has 1 aromatic carbocycles. The molecule has 6 rings (SSSR count). The summed E-state index contributed by atoms with van der Waals surface area (Å²) in [6.45, 7) is 1.22. The van der Waals surface area contributed by atoms with Crippen molar-refractivity contribution in [3.63, 3.8) is 0 Å². The molecule has 3 aromatic rings. The van der Waals surface area contributed by atoms with Gasteiger partial charge in [0.2, 0.25) is 10.0 Å². The monoisotopic (exact) mass is 425 g/mol. The van der Waals surface area contributed by atoms with Crippen molar-refractivity contribution < 1.29 is 13.2 Å². The number of aromatic nitrogens is 2. The summed E-state index contributed by atoms with van der Waals surface area (Å²) >= 11 is 0. The fraction of sp³-hybridized carbons (Fsp3) is 0.333. The van der Waals surface area contributed by atoms with E-state index in [1.165, 1.54) is 0 Å². The smallest absolute Gasteiger partial charge is 0.253 e. The Hall–Kier alpha value is -2.75. The van der Waals surface area contributed by atoms with Gasteiger partial charge in [0.15, 0.2) is 0 Å². The van der Waals surface area contributed by atoms with E-state index in [2.05, 4.69) is 10.3 Å². The second-order valence-corrected chi connectivity index (χ2v) is 10.0. The van der Waals surface area contributed by atoms with Crippen LogP contribution >= 0.6 is 0 Å². The predicted molar refractivity (Wildman–Crippen MR) is 111 cm³/mol. The van der Waals surface area contributed by atoms with Crippen LogP contribution in [-0.4, -0.2) is 46.6 Å². The molecule has 1 saturated carbocycles. The van der Waals surface area contributed by atoms with Crippen LogP contribution < -0.4 is 11.1 Å². The second kappa shape index (κ2) is 6.90. The van der Waals surface area contributed by atoms with Crippen LogP contribution in [0, 0.1) is 5.92 Å². The number of rotatable bonds is 6. The topological polar surface area (TPSA) is 110 Å². The number of carbonyl (C=O) groups excluding carboxylic acids is 1. The van der Waals surface area contributed by atoms with E-state index in [0.29, 0.717) is 31.1 Å². The van der Waals surface area contributed by atoms with Gasteiger partial charge in [0.1, 0.15) is 5.65 Å². The zero-order valence-corrected chi connectivity index (χ0v) is 17.2. The number of nitrogens with zero attached hydrogens (tertiary/aromatic N) is 3. The average Bonchev–Trinajstić information content (AvgIpc) is 3.44. The predicted octanol–water partition coefficient (Wildman–Crippen LogP) is 1.38. The number of carbonyl (C=O) groups is 1. The van der Waals surface area contributed by atoms with Crippen LogP contribution in [0.15, 0.2) is 59.9 Å². The highest BCUT2D eigenvalue weighted by atomic mass is 32.2. The summed E-state index contributed by atoms with van der Waals surface area (Å²) in [6, 6.07) is 10.2. The van der Waals surface area contributed by atoms with Crippen molar-refractivity contribution in [1.82, 2.24) is 19.0 Å². The third kappa shape index (κ3) is 3.01. The number of nitrogens with two attached hydrogens (primary N) is 1. The number of nitrogens with one attached hydrogen (secondary N) is 1. The highest BCUT2D eigenvalue weighted by Gasteiger charge is 2.59. The normalized spacial score (nSPS) is 23.4. The Kier molecular flexibility index (Phi) is 4.42. The first-order valence-corrected chi connectivity index (χ1v) is 11.4. The summed E-state index contributed by atoms with van der Waals surface area (Å²) in [5, 5.41) is 2.87. The van der Waals surface area contributed by atoms with Gasteiger partial charge >= 0.3 is 0 Å². The Morgan fingerprint density at radius 3 is 2.70 bits per heavy atom. The summed E-state index contributed by atoms with van der Waals surface area (Å²) in [5.74, 6) is 0.225. The third-order valence-corrected chi connectivity index (χ3v) is 8.27. The minimum atomic E-state index is -3.57. The van der Waals surface area contributed by atoms with E-state index in [9.17, 15) is 13.2 Å². The maximum atomic E-state index is 13.1. The second-order valence-electron chi connectivity index (χ2n) is 8.18. The molecule has 30 heavy (non-hydrogen) atoms. The first kappa shape index (κ1) is 19.2. The standard InChI is InChI=1S/C21H23N5O3S/c22-14-21-9-16(10-21)12-26(21)30(28,29)18-4-1-15(2-5-18)11-24-20(27)17-3-6-19-23-7-8-25(19)13-17/h1-8,13,16H,9-12,14,22H2,(H,24,27). The minimum absolute atomic E-state index is 0.205. The van der Waals surface area contributed by atoms with Crippen LogP contribution in [0.1, 0.15) is 28.8 Å². The fourth-order valence-corrected chi connectivity index (χ4v) is 6.52. The van der Waals surface area contributed by atoms with Crippen molar-refractivity contribution in [1.29, 1.82) is 0 Å². The molecule has 4 heterocycles. The van der Waals surface area contributed by atoms with E-state index >= 15 is 0 Å². The van der Waals surface area contributed by atoms with Gasteiger partial charge in [-0.05, 0) is 48.6 Å². The van der Waals surface area contributed by atoms with Crippen molar-refractivity contribution in [3.8, 4) is 0 Å². The highest BCUT2D eigenvalue weighted by Crippen LogP contribution is 2.52. The molecule has 0 spiro atoms. The molecular weight excluding hydrogens is 402 g/mol. The highest BCUT2D eigenvalue weighted by molar-refractivity contribution is 7.89.